The summed E-state index contributed by atoms with van der Waals surface area (Å²) in [5.41, 5.74) is 4.74. The molecule has 1 unspecified atom stereocenters. The molecule has 0 aromatic heterocycles. The van der Waals surface area contributed by atoms with Crippen molar-refractivity contribution in [2.45, 2.75) is 11.0 Å². The van der Waals surface area contributed by atoms with Crippen LogP contribution < -0.4 is 4.74 Å². The van der Waals surface area contributed by atoms with E-state index in [4.69, 9.17) is 9.73 Å². The monoisotopic (exact) mass is 403 g/mol. The predicted molar refractivity (Wildman–Crippen MR) is 123 cm³/mol. The molecule has 0 spiro atoms. The SMILES string of the molecule is COc1ccc(C2=CC(c3ccccc3)SC(SCc3ccccc3)=N2)cc1. The van der Waals surface area contributed by atoms with E-state index in [0.29, 0.717) is 0 Å². The van der Waals surface area contributed by atoms with Gasteiger partial charge in [-0.15, -0.1) is 0 Å². The van der Waals surface area contributed by atoms with Crippen LogP contribution in [0.5, 0.6) is 5.75 Å². The Kier molecular flexibility index (Phi) is 6.20. The lowest BCUT2D eigenvalue weighted by Crippen LogP contribution is -2.02. The molecule has 0 saturated heterocycles. The van der Waals surface area contributed by atoms with Crippen molar-refractivity contribution >= 4 is 33.6 Å². The Labute approximate surface area is 174 Å². The van der Waals surface area contributed by atoms with E-state index in [9.17, 15) is 0 Å². The van der Waals surface area contributed by atoms with Gasteiger partial charge in [0.2, 0.25) is 0 Å². The fourth-order valence-electron chi connectivity index (χ4n) is 2.96. The molecule has 1 heterocycles. The molecule has 0 fully saturated rings. The molecule has 0 N–H and O–H groups in total. The maximum absolute atomic E-state index is 5.29. The number of hydrogen-bond acceptors (Lipinski definition) is 4. The predicted octanol–water partition coefficient (Wildman–Crippen LogP) is 6.81. The van der Waals surface area contributed by atoms with E-state index in [1.807, 2.05) is 23.9 Å². The molecule has 1 aliphatic heterocycles. The van der Waals surface area contributed by atoms with E-state index >= 15 is 0 Å². The van der Waals surface area contributed by atoms with Gasteiger partial charge >= 0.3 is 0 Å². The van der Waals surface area contributed by atoms with E-state index in [0.717, 1.165) is 27.1 Å². The Morgan fingerprint density at radius 2 is 1.57 bits per heavy atom. The van der Waals surface area contributed by atoms with Crippen LogP contribution in [0.15, 0.2) is 96.0 Å². The Morgan fingerprint density at radius 3 is 2.25 bits per heavy atom. The van der Waals surface area contributed by atoms with Crippen LogP contribution in [-0.2, 0) is 5.75 Å². The second-order valence-electron chi connectivity index (χ2n) is 6.38. The van der Waals surface area contributed by atoms with Crippen LogP contribution in [0.3, 0.4) is 0 Å². The molecule has 0 radical (unpaired) electrons. The third-order valence-electron chi connectivity index (χ3n) is 4.47. The average molecular weight is 404 g/mol. The Hall–Kier alpha value is -2.43. The molecule has 1 atom stereocenters. The smallest absolute Gasteiger partial charge is 0.131 e. The van der Waals surface area contributed by atoms with Crippen molar-refractivity contribution in [2.75, 3.05) is 7.11 Å². The summed E-state index contributed by atoms with van der Waals surface area (Å²) in [5.74, 6) is 1.78. The summed E-state index contributed by atoms with van der Waals surface area (Å²) in [7, 11) is 1.69. The average Bonchev–Trinajstić information content (AvgIpc) is 2.79. The van der Waals surface area contributed by atoms with Crippen molar-refractivity contribution in [3.63, 3.8) is 0 Å². The number of thioether (sulfide) groups is 2. The van der Waals surface area contributed by atoms with Crippen molar-refractivity contribution < 1.29 is 4.74 Å². The molecule has 4 rings (SSSR count). The molecule has 3 aromatic rings. The molecule has 4 heteroatoms. The molecule has 2 nitrogen and oxygen atoms in total. The van der Waals surface area contributed by atoms with Gasteiger partial charge in [-0.3, -0.25) is 0 Å². The van der Waals surface area contributed by atoms with Crippen LogP contribution in [0.1, 0.15) is 21.9 Å². The lowest BCUT2D eigenvalue weighted by atomic mass is 10.1. The van der Waals surface area contributed by atoms with Crippen LogP contribution in [0.25, 0.3) is 5.70 Å². The first kappa shape index (κ1) is 18.9. The Morgan fingerprint density at radius 1 is 0.893 bits per heavy atom. The van der Waals surface area contributed by atoms with E-state index in [1.165, 1.54) is 11.1 Å². The minimum atomic E-state index is 0.258. The fourth-order valence-corrected chi connectivity index (χ4v) is 5.23. The highest BCUT2D eigenvalue weighted by atomic mass is 32.2. The minimum Gasteiger partial charge on any atom is -0.497 e. The summed E-state index contributed by atoms with van der Waals surface area (Å²) in [6.07, 6.45) is 2.26. The number of methoxy groups -OCH3 is 1. The van der Waals surface area contributed by atoms with Crippen LogP contribution in [0.2, 0.25) is 0 Å². The van der Waals surface area contributed by atoms with Gasteiger partial charge in [0.25, 0.3) is 0 Å². The van der Waals surface area contributed by atoms with Gasteiger partial charge in [0.15, 0.2) is 0 Å². The van der Waals surface area contributed by atoms with Crippen LogP contribution in [-0.4, -0.2) is 11.5 Å². The number of ether oxygens (including phenoxy) is 1. The van der Waals surface area contributed by atoms with Gasteiger partial charge in [-0.1, -0.05) is 84.2 Å². The van der Waals surface area contributed by atoms with E-state index in [2.05, 4.69) is 78.9 Å². The Bertz CT molecular complexity index is 967. The molecule has 1 aliphatic rings. The van der Waals surface area contributed by atoms with Gasteiger partial charge in [-0.25, -0.2) is 4.99 Å². The molecular weight excluding hydrogens is 382 g/mol. The maximum Gasteiger partial charge on any atom is 0.131 e. The maximum atomic E-state index is 5.29. The zero-order valence-corrected chi connectivity index (χ0v) is 17.2. The third kappa shape index (κ3) is 4.70. The van der Waals surface area contributed by atoms with Gasteiger partial charge in [0, 0.05) is 11.3 Å². The second kappa shape index (κ2) is 9.18. The summed E-state index contributed by atoms with van der Waals surface area (Å²) in [6.45, 7) is 0. The van der Waals surface area contributed by atoms with E-state index in [1.54, 1.807) is 18.9 Å². The molecule has 140 valence electrons. The first-order valence-corrected chi connectivity index (χ1v) is 11.0. The summed E-state index contributed by atoms with van der Waals surface area (Å²) in [5, 5.41) is 0.258. The standard InChI is InChI=1S/C24H21NOS2/c1-26-21-14-12-19(13-15-21)22-16-23(20-10-6-3-7-11-20)28-24(25-22)27-17-18-8-4-2-5-9-18/h2-16,23H,17H2,1H3. The third-order valence-corrected chi connectivity index (χ3v) is 6.88. The first-order valence-electron chi connectivity index (χ1n) is 9.15. The lowest BCUT2D eigenvalue weighted by molar-refractivity contribution is 0.415. The van der Waals surface area contributed by atoms with Crippen molar-refractivity contribution in [2.24, 2.45) is 4.99 Å². The Balaban J connectivity index is 1.61. The van der Waals surface area contributed by atoms with Crippen LogP contribution in [0, 0.1) is 0 Å². The zero-order chi connectivity index (χ0) is 19.2. The highest BCUT2D eigenvalue weighted by Crippen LogP contribution is 2.42. The summed E-state index contributed by atoms with van der Waals surface area (Å²) >= 11 is 3.62. The molecular formula is C24H21NOS2. The van der Waals surface area contributed by atoms with Crippen LogP contribution >= 0.6 is 23.5 Å². The summed E-state index contributed by atoms with van der Waals surface area (Å²) in [4.78, 5) is 4.96. The molecule has 0 saturated carbocycles. The number of aliphatic imine (C=N–C) groups is 1. The molecule has 0 amide bonds. The zero-order valence-electron chi connectivity index (χ0n) is 15.6. The van der Waals surface area contributed by atoms with Gasteiger partial charge in [0.05, 0.1) is 18.1 Å². The second-order valence-corrected chi connectivity index (χ2v) is 8.73. The minimum absolute atomic E-state index is 0.258. The highest BCUT2D eigenvalue weighted by Gasteiger charge is 2.20. The van der Waals surface area contributed by atoms with Crippen molar-refractivity contribution in [3.8, 4) is 5.75 Å². The van der Waals surface area contributed by atoms with Crippen LogP contribution in [0.4, 0.5) is 0 Å². The molecule has 0 bridgehead atoms. The number of nitrogens with zero attached hydrogens (tertiary/aromatic N) is 1. The number of rotatable bonds is 5. The fraction of sp³-hybridized carbons (Fsp3) is 0.125. The lowest BCUT2D eigenvalue weighted by Gasteiger charge is -2.21. The highest BCUT2D eigenvalue weighted by molar-refractivity contribution is 8.38. The largest absolute Gasteiger partial charge is 0.497 e. The van der Waals surface area contributed by atoms with Crippen molar-refractivity contribution in [1.82, 2.24) is 0 Å². The van der Waals surface area contributed by atoms with Gasteiger partial charge in [0.1, 0.15) is 10.1 Å². The van der Waals surface area contributed by atoms with E-state index in [-0.39, 0.29) is 5.25 Å². The first-order chi connectivity index (χ1) is 13.8. The number of benzene rings is 3. The van der Waals surface area contributed by atoms with Gasteiger partial charge < -0.3 is 4.74 Å². The quantitative estimate of drug-likeness (QED) is 0.467. The van der Waals surface area contributed by atoms with Gasteiger partial charge in [-0.05, 0) is 41.5 Å². The molecule has 0 aliphatic carbocycles. The molecule has 28 heavy (non-hydrogen) atoms. The normalized spacial score (nSPS) is 16.2. The van der Waals surface area contributed by atoms with Gasteiger partial charge in [-0.2, -0.15) is 0 Å². The summed E-state index contributed by atoms with van der Waals surface area (Å²) in [6, 6.07) is 29.3. The number of hydrogen-bond donors (Lipinski definition) is 0. The van der Waals surface area contributed by atoms with E-state index < -0.39 is 0 Å². The topological polar surface area (TPSA) is 21.6 Å². The summed E-state index contributed by atoms with van der Waals surface area (Å²) < 4.78 is 6.39. The van der Waals surface area contributed by atoms with Crippen molar-refractivity contribution in [1.29, 1.82) is 0 Å². The van der Waals surface area contributed by atoms with Crippen molar-refractivity contribution in [3.05, 3.63) is 108 Å². The molecule has 3 aromatic carbocycles.